The second kappa shape index (κ2) is 9.01. The first-order valence-corrected chi connectivity index (χ1v) is 10.2. The number of Topliss-reactive ketones (excluding diaryl/α,β-unsaturated/α-hetero) is 1. The Balaban J connectivity index is 2.26. The second-order valence-electron chi connectivity index (χ2n) is 5.84. The lowest BCUT2D eigenvalue weighted by molar-refractivity contribution is -0.143. The number of halogens is 1. The molecule has 0 fully saturated rings. The summed E-state index contributed by atoms with van der Waals surface area (Å²) in [5.74, 6) is -0.901. The fraction of sp³-hybridized carbons (Fsp3) is 0.263. The third kappa shape index (κ3) is 5.80. The molecular weight excluding hydrogens is 390 g/mol. The summed E-state index contributed by atoms with van der Waals surface area (Å²) in [6, 6.07) is 10.6. The Labute approximate surface area is 163 Å². The van der Waals surface area contributed by atoms with E-state index in [0.717, 1.165) is 5.56 Å². The summed E-state index contributed by atoms with van der Waals surface area (Å²) in [5, 5.41) is 0.285. The number of nitrogens with one attached hydrogen (secondary N) is 1. The molecule has 0 aliphatic heterocycles. The van der Waals surface area contributed by atoms with E-state index in [1.165, 1.54) is 30.3 Å². The third-order valence-corrected chi connectivity index (χ3v) is 5.34. The Morgan fingerprint density at radius 2 is 1.74 bits per heavy atom. The molecule has 0 heterocycles. The van der Waals surface area contributed by atoms with Crippen LogP contribution in [-0.2, 0) is 19.6 Å². The number of hydrogen-bond donors (Lipinski definition) is 1. The van der Waals surface area contributed by atoms with Crippen molar-refractivity contribution in [2.75, 3.05) is 11.3 Å². The fourth-order valence-corrected chi connectivity index (χ4v) is 3.59. The lowest BCUT2D eigenvalue weighted by atomic mass is 10.0. The molecule has 27 heavy (non-hydrogen) atoms. The molecule has 0 spiro atoms. The monoisotopic (exact) mass is 409 g/mol. The quantitative estimate of drug-likeness (QED) is 0.526. The van der Waals surface area contributed by atoms with Crippen molar-refractivity contribution in [2.24, 2.45) is 0 Å². The van der Waals surface area contributed by atoms with Gasteiger partial charge in [-0.3, -0.25) is 14.3 Å². The number of esters is 1. The Bertz CT molecular complexity index is 939. The maximum atomic E-state index is 12.6. The van der Waals surface area contributed by atoms with Crippen LogP contribution in [0.1, 0.15) is 35.7 Å². The predicted molar refractivity (Wildman–Crippen MR) is 104 cm³/mol. The number of sulfonamides is 1. The largest absolute Gasteiger partial charge is 0.466 e. The molecule has 6 nitrogen and oxygen atoms in total. The number of hydrogen-bond acceptors (Lipinski definition) is 5. The van der Waals surface area contributed by atoms with Crippen molar-refractivity contribution < 1.29 is 22.7 Å². The topological polar surface area (TPSA) is 89.5 Å². The summed E-state index contributed by atoms with van der Waals surface area (Å²) in [7, 11) is -3.88. The summed E-state index contributed by atoms with van der Waals surface area (Å²) in [5.41, 5.74) is 1.13. The van der Waals surface area contributed by atoms with E-state index in [2.05, 4.69) is 4.72 Å². The van der Waals surface area contributed by atoms with Crippen LogP contribution in [-0.4, -0.2) is 26.8 Å². The molecule has 0 aromatic heterocycles. The number of rotatable bonds is 8. The second-order valence-corrected chi connectivity index (χ2v) is 7.96. The molecule has 2 aromatic carbocycles. The lowest BCUT2D eigenvalue weighted by Crippen LogP contribution is -2.16. The Kier molecular flexibility index (Phi) is 6.98. The summed E-state index contributed by atoms with van der Waals surface area (Å²) in [4.78, 5) is 24.0. The molecule has 0 saturated carbocycles. The van der Waals surface area contributed by atoms with Crippen molar-refractivity contribution >= 4 is 39.1 Å². The van der Waals surface area contributed by atoms with Crippen molar-refractivity contribution in [1.82, 2.24) is 0 Å². The van der Waals surface area contributed by atoms with Gasteiger partial charge in [0.05, 0.1) is 23.6 Å². The zero-order valence-corrected chi connectivity index (χ0v) is 16.6. The average Bonchev–Trinajstić information content (AvgIpc) is 2.61. The minimum Gasteiger partial charge on any atom is -0.466 e. The van der Waals surface area contributed by atoms with Gasteiger partial charge in [0, 0.05) is 17.0 Å². The van der Waals surface area contributed by atoms with Crippen LogP contribution >= 0.6 is 11.6 Å². The Hall–Kier alpha value is -2.38. The van der Waals surface area contributed by atoms with E-state index >= 15 is 0 Å². The van der Waals surface area contributed by atoms with Gasteiger partial charge in [0.1, 0.15) is 0 Å². The van der Waals surface area contributed by atoms with Crippen molar-refractivity contribution in [3.8, 4) is 0 Å². The summed E-state index contributed by atoms with van der Waals surface area (Å²) >= 11 is 5.96. The van der Waals surface area contributed by atoms with Crippen LogP contribution < -0.4 is 4.72 Å². The van der Waals surface area contributed by atoms with Gasteiger partial charge in [0.15, 0.2) is 5.78 Å². The molecule has 1 N–H and O–H groups in total. The van der Waals surface area contributed by atoms with Gasteiger partial charge in [-0.1, -0.05) is 29.3 Å². The van der Waals surface area contributed by atoms with E-state index < -0.39 is 21.8 Å². The normalized spacial score (nSPS) is 11.1. The molecule has 0 bridgehead atoms. The molecular formula is C19H20ClNO5S. The molecule has 0 aliphatic carbocycles. The molecule has 0 atom stereocenters. The van der Waals surface area contributed by atoms with E-state index in [1.54, 1.807) is 19.1 Å². The van der Waals surface area contributed by atoms with Crippen LogP contribution in [0.5, 0.6) is 0 Å². The molecule has 0 saturated heterocycles. The van der Waals surface area contributed by atoms with Crippen molar-refractivity contribution in [1.29, 1.82) is 0 Å². The minimum atomic E-state index is -3.88. The highest BCUT2D eigenvalue weighted by Crippen LogP contribution is 2.25. The van der Waals surface area contributed by atoms with Gasteiger partial charge in [-0.05, 0) is 44.2 Å². The highest BCUT2D eigenvalue weighted by atomic mass is 35.5. The van der Waals surface area contributed by atoms with Crippen LogP contribution in [0.4, 0.5) is 5.69 Å². The standard InChI is InChI=1S/C19H20ClNO5S/c1-3-26-19(23)11-10-18(22)16-12-14(20)6-9-17(16)21-27(24,25)15-7-4-13(2)5-8-15/h4-9,12,21H,3,10-11H2,1-2H3. The third-order valence-electron chi connectivity index (χ3n) is 3.72. The van der Waals surface area contributed by atoms with E-state index in [0.29, 0.717) is 0 Å². The molecule has 2 rings (SSSR count). The smallest absolute Gasteiger partial charge is 0.306 e. The Morgan fingerprint density at radius 3 is 2.37 bits per heavy atom. The van der Waals surface area contributed by atoms with Crippen molar-refractivity contribution in [2.45, 2.75) is 31.6 Å². The minimum absolute atomic E-state index is 0.0768. The van der Waals surface area contributed by atoms with Gasteiger partial charge in [-0.15, -0.1) is 0 Å². The Morgan fingerprint density at radius 1 is 1.07 bits per heavy atom. The van der Waals surface area contributed by atoms with E-state index in [-0.39, 0.29) is 40.6 Å². The van der Waals surface area contributed by atoms with Gasteiger partial charge in [-0.25, -0.2) is 8.42 Å². The zero-order chi connectivity index (χ0) is 20.0. The van der Waals surface area contributed by atoms with Gasteiger partial charge in [0.2, 0.25) is 0 Å². The SMILES string of the molecule is CCOC(=O)CCC(=O)c1cc(Cl)ccc1NS(=O)(=O)c1ccc(C)cc1. The summed E-state index contributed by atoms with van der Waals surface area (Å²) in [6.07, 6.45) is -0.207. The van der Waals surface area contributed by atoms with Crippen LogP contribution in [0.25, 0.3) is 0 Å². The van der Waals surface area contributed by atoms with Gasteiger partial charge in [0.25, 0.3) is 10.0 Å². The number of ether oxygens (including phenoxy) is 1. The average molecular weight is 410 g/mol. The molecule has 144 valence electrons. The zero-order valence-electron chi connectivity index (χ0n) is 15.0. The van der Waals surface area contributed by atoms with Crippen LogP contribution in [0.3, 0.4) is 0 Å². The summed E-state index contributed by atoms with van der Waals surface area (Å²) in [6.45, 7) is 3.75. The molecule has 2 aromatic rings. The van der Waals surface area contributed by atoms with Gasteiger partial charge < -0.3 is 4.74 Å². The predicted octanol–water partition coefficient (Wildman–Crippen LogP) is 3.98. The van der Waals surface area contributed by atoms with E-state index in [4.69, 9.17) is 16.3 Å². The van der Waals surface area contributed by atoms with Gasteiger partial charge in [-0.2, -0.15) is 0 Å². The molecule has 0 aliphatic rings. The summed E-state index contributed by atoms with van der Waals surface area (Å²) < 4.78 is 32.4. The number of ketones is 1. The van der Waals surface area contributed by atoms with E-state index in [9.17, 15) is 18.0 Å². The molecule has 8 heteroatoms. The highest BCUT2D eigenvalue weighted by Gasteiger charge is 2.20. The fourth-order valence-electron chi connectivity index (χ4n) is 2.34. The molecule has 0 unspecified atom stereocenters. The maximum Gasteiger partial charge on any atom is 0.306 e. The number of aryl methyl sites for hydroxylation is 1. The van der Waals surface area contributed by atoms with Crippen molar-refractivity contribution in [3.63, 3.8) is 0 Å². The molecule has 0 radical (unpaired) electrons. The first kappa shape index (κ1) is 20.9. The van der Waals surface area contributed by atoms with Crippen molar-refractivity contribution in [3.05, 3.63) is 58.6 Å². The number of carbonyl (C=O) groups excluding carboxylic acids is 2. The number of benzene rings is 2. The highest BCUT2D eigenvalue weighted by molar-refractivity contribution is 7.92. The van der Waals surface area contributed by atoms with Gasteiger partial charge >= 0.3 is 5.97 Å². The van der Waals surface area contributed by atoms with E-state index in [1.807, 2.05) is 6.92 Å². The number of carbonyl (C=O) groups is 2. The maximum absolute atomic E-state index is 12.6. The molecule has 0 amide bonds. The first-order chi connectivity index (χ1) is 12.7. The van der Waals surface area contributed by atoms with Crippen LogP contribution in [0.2, 0.25) is 5.02 Å². The number of anilines is 1. The van der Waals surface area contributed by atoms with Crippen LogP contribution in [0, 0.1) is 6.92 Å². The lowest BCUT2D eigenvalue weighted by Gasteiger charge is -2.13. The van der Waals surface area contributed by atoms with Crippen LogP contribution in [0.15, 0.2) is 47.4 Å². The first-order valence-electron chi connectivity index (χ1n) is 8.31.